The number of thiophene rings is 1. The molecule has 2 amide bonds. The minimum atomic E-state index is -0.567. The van der Waals surface area contributed by atoms with Crippen LogP contribution >= 0.6 is 22.9 Å². The smallest absolute Gasteiger partial charge is 0.280 e. The summed E-state index contributed by atoms with van der Waals surface area (Å²) in [6, 6.07) is 8.74. The number of nitrogens with one attached hydrogen (secondary N) is 1. The Bertz CT molecular complexity index is 1140. The predicted octanol–water partition coefficient (Wildman–Crippen LogP) is 2.80. The maximum Gasteiger partial charge on any atom is 0.280 e. The van der Waals surface area contributed by atoms with Gasteiger partial charge in [-0.2, -0.15) is 0 Å². The average Bonchev–Trinajstić information content (AvgIpc) is 3.28. The molecule has 0 radical (unpaired) electrons. The van der Waals surface area contributed by atoms with E-state index in [1.165, 1.54) is 22.6 Å². The van der Waals surface area contributed by atoms with Gasteiger partial charge in [-0.1, -0.05) is 24.6 Å². The molecule has 28 heavy (non-hydrogen) atoms. The lowest BCUT2D eigenvalue weighted by atomic mass is 10.1. The van der Waals surface area contributed by atoms with Crippen LogP contribution in [0.4, 0.5) is 5.69 Å². The number of carbonyl (C=O) groups excluding carboxylic acids is 2. The first-order chi connectivity index (χ1) is 13.5. The molecule has 3 heterocycles. The van der Waals surface area contributed by atoms with Gasteiger partial charge in [-0.15, -0.1) is 11.3 Å². The Kier molecular flexibility index (Phi) is 4.91. The topological polar surface area (TPSA) is 84.3 Å². The van der Waals surface area contributed by atoms with Crippen LogP contribution in [-0.2, 0) is 16.0 Å². The molecule has 144 valence electrons. The predicted molar refractivity (Wildman–Crippen MR) is 110 cm³/mol. The Hall–Kier alpha value is -2.71. The molecule has 4 rings (SSSR count). The van der Waals surface area contributed by atoms with Crippen molar-refractivity contribution in [1.82, 2.24) is 9.66 Å². The van der Waals surface area contributed by atoms with Crippen molar-refractivity contribution in [3.05, 3.63) is 56.9 Å². The molecule has 1 aromatic carbocycles. The summed E-state index contributed by atoms with van der Waals surface area (Å²) in [6.45, 7) is 2.24. The zero-order chi connectivity index (χ0) is 19.8. The number of amides is 2. The molecule has 0 bridgehead atoms. The normalized spacial score (nSPS) is 16.7. The van der Waals surface area contributed by atoms with Gasteiger partial charge >= 0.3 is 0 Å². The van der Waals surface area contributed by atoms with E-state index in [9.17, 15) is 14.4 Å². The SMILES string of the molecule is CCc1cc2c(=O)n(NC(=O)[C@H]3CC(=O)N(c4cccc(Cl)c4)C3)cnc2s1. The minimum absolute atomic E-state index is 0.0706. The highest BCUT2D eigenvalue weighted by molar-refractivity contribution is 7.18. The molecule has 1 aliphatic rings. The van der Waals surface area contributed by atoms with E-state index in [0.29, 0.717) is 20.9 Å². The van der Waals surface area contributed by atoms with Gasteiger partial charge in [0.1, 0.15) is 11.2 Å². The Morgan fingerprint density at radius 3 is 2.93 bits per heavy atom. The molecule has 1 N–H and O–H groups in total. The number of nitrogens with zero attached hydrogens (tertiary/aromatic N) is 3. The fraction of sp³-hybridized carbons (Fsp3) is 0.263. The summed E-state index contributed by atoms with van der Waals surface area (Å²) in [4.78, 5) is 45.1. The summed E-state index contributed by atoms with van der Waals surface area (Å²) in [5.41, 5.74) is 2.90. The van der Waals surface area contributed by atoms with Crippen molar-refractivity contribution in [2.45, 2.75) is 19.8 Å². The van der Waals surface area contributed by atoms with Gasteiger partial charge in [0, 0.05) is 28.6 Å². The fourth-order valence-corrected chi connectivity index (χ4v) is 4.32. The Labute approximate surface area is 169 Å². The van der Waals surface area contributed by atoms with Crippen LogP contribution in [-0.4, -0.2) is 28.0 Å². The fourth-order valence-electron chi connectivity index (χ4n) is 3.21. The zero-order valence-corrected chi connectivity index (χ0v) is 16.6. The third-order valence-corrected chi connectivity index (χ3v) is 6.12. The van der Waals surface area contributed by atoms with Gasteiger partial charge in [-0.3, -0.25) is 19.8 Å². The van der Waals surface area contributed by atoms with Crippen molar-refractivity contribution in [1.29, 1.82) is 0 Å². The van der Waals surface area contributed by atoms with Crippen LogP contribution in [0.5, 0.6) is 0 Å². The van der Waals surface area contributed by atoms with Crippen LogP contribution in [0.2, 0.25) is 5.02 Å². The summed E-state index contributed by atoms with van der Waals surface area (Å²) in [7, 11) is 0. The lowest BCUT2D eigenvalue weighted by Gasteiger charge is -2.17. The van der Waals surface area contributed by atoms with Crippen molar-refractivity contribution in [3.63, 3.8) is 0 Å². The molecular weight excluding hydrogens is 400 g/mol. The summed E-state index contributed by atoms with van der Waals surface area (Å²) >= 11 is 7.46. The second-order valence-electron chi connectivity index (χ2n) is 6.57. The van der Waals surface area contributed by atoms with Crippen LogP contribution in [0.15, 0.2) is 41.5 Å². The number of fused-ring (bicyclic) bond motifs is 1. The van der Waals surface area contributed by atoms with E-state index in [1.54, 1.807) is 30.3 Å². The van der Waals surface area contributed by atoms with Crippen LogP contribution < -0.4 is 15.9 Å². The third-order valence-electron chi connectivity index (χ3n) is 4.70. The molecule has 0 saturated carbocycles. The first-order valence-corrected chi connectivity index (χ1v) is 10.0. The minimum Gasteiger partial charge on any atom is -0.312 e. The largest absolute Gasteiger partial charge is 0.312 e. The first kappa shape index (κ1) is 18.6. The number of aromatic nitrogens is 2. The number of benzene rings is 1. The highest BCUT2D eigenvalue weighted by Gasteiger charge is 2.35. The molecule has 3 aromatic rings. The van der Waals surface area contributed by atoms with E-state index < -0.39 is 11.8 Å². The van der Waals surface area contributed by atoms with Gasteiger partial charge in [-0.05, 0) is 30.7 Å². The highest BCUT2D eigenvalue weighted by atomic mass is 35.5. The molecule has 9 heteroatoms. The van der Waals surface area contributed by atoms with Crippen molar-refractivity contribution < 1.29 is 9.59 Å². The van der Waals surface area contributed by atoms with Gasteiger partial charge in [0.25, 0.3) is 5.56 Å². The van der Waals surface area contributed by atoms with Crippen LogP contribution in [0.25, 0.3) is 10.2 Å². The summed E-state index contributed by atoms with van der Waals surface area (Å²) in [5, 5.41) is 0.999. The molecule has 2 aromatic heterocycles. The standard InChI is InChI=1S/C19H17ClN4O3S/c1-2-14-8-15-18(28-14)21-10-24(19(15)27)22-17(26)11-6-16(25)23(9-11)13-5-3-4-12(20)7-13/h3-5,7-8,10-11H,2,6,9H2,1H3,(H,22,26)/t11-/m0/s1. The van der Waals surface area contributed by atoms with Crippen molar-refractivity contribution in [3.8, 4) is 0 Å². The average molecular weight is 417 g/mol. The monoisotopic (exact) mass is 416 g/mol. The van der Waals surface area contributed by atoms with Gasteiger partial charge in [-0.25, -0.2) is 9.66 Å². The lowest BCUT2D eigenvalue weighted by Crippen LogP contribution is -2.37. The maximum atomic E-state index is 12.7. The Morgan fingerprint density at radius 2 is 2.18 bits per heavy atom. The van der Waals surface area contributed by atoms with Gasteiger partial charge in [0.15, 0.2) is 0 Å². The van der Waals surface area contributed by atoms with E-state index >= 15 is 0 Å². The van der Waals surface area contributed by atoms with E-state index in [-0.39, 0.29) is 24.4 Å². The first-order valence-electron chi connectivity index (χ1n) is 8.83. The number of carbonyl (C=O) groups is 2. The Morgan fingerprint density at radius 1 is 1.36 bits per heavy atom. The van der Waals surface area contributed by atoms with Gasteiger partial charge in [0.2, 0.25) is 11.8 Å². The number of aryl methyl sites for hydroxylation is 1. The molecule has 1 saturated heterocycles. The molecular formula is C19H17ClN4O3S. The lowest BCUT2D eigenvalue weighted by molar-refractivity contribution is -0.123. The quantitative estimate of drug-likeness (QED) is 0.708. The maximum absolute atomic E-state index is 12.7. The molecule has 7 nitrogen and oxygen atoms in total. The third kappa shape index (κ3) is 3.41. The molecule has 1 aliphatic heterocycles. The second kappa shape index (κ2) is 7.37. The molecule has 0 spiro atoms. The summed E-state index contributed by atoms with van der Waals surface area (Å²) < 4.78 is 1.09. The summed E-state index contributed by atoms with van der Waals surface area (Å²) in [6.07, 6.45) is 2.20. The van der Waals surface area contributed by atoms with Crippen molar-refractivity contribution in [2.75, 3.05) is 16.9 Å². The number of anilines is 1. The zero-order valence-electron chi connectivity index (χ0n) is 15.0. The van der Waals surface area contributed by atoms with E-state index in [2.05, 4.69) is 10.4 Å². The van der Waals surface area contributed by atoms with Crippen LogP contribution in [0, 0.1) is 5.92 Å². The Balaban J connectivity index is 1.53. The van der Waals surface area contributed by atoms with Gasteiger partial charge in [0.05, 0.1) is 11.3 Å². The number of halogens is 1. The molecule has 1 fully saturated rings. The van der Waals surface area contributed by atoms with E-state index in [0.717, 1.165) is 16.0 Å². The molecule has 0 aliphatic carbocycles. The number of hydrogen-bond acceptors (Lipinski definition) is 5. The highest BCUT2D eigenvalue weighted by Crippen LogP contribution is 2.27. The molecule has 1 atom stereocenters. The van der Waals surface area contributed by atoms with Gasteiger partial charge < -0.3 is 4.90 Å². The van der Waals surface area contributed by atoms with Crippen molar-refractivity contribution >= 4 is 50.7 Å². The van der Waals surface area contributed by atoms with E-state index in [1.807, 2.05) is 6.92 Å². The number of rotatable bonds is 4. The van der Waals surface area contributed by atoms with Crippen LogP contribution in [0.3, 0.4) is 0 Å². The van der Waals surface area contributed by atoms with E-state index in [4.69, 9.17) is 11.6 Å². The van der Waals surface area contributed by atoms with Crippen LogP contribution in [0.1, 0.15) is 18.2 Å². The molecule has 0 unspecified atom stereocenters. The number of hydrogen-bond donors (Lipinski definition) is 1. The van der Waals surface area contributed by atoms with Crippen molar-refractivity contribution in [2.24, 2.45) is 5.92 Å². The summed E-state index contributed by atoms with van der Waals surface area (Å²) in [5.74, 6) is -1.12. The second-order valence-corrected chi connectivity index (χ2v) is 8.12.